The number of benzene rings is 1. The van der Waals surface area contributed by atoms with E-state index in [1.54, 1.807) is 0 Å². The zero-order chi connectivity index (χ0) is 13.9. The zero-order valence-electron chi connectivity index (χ0n) is 10.8. The highest BCUT2D eigenvalue weighted by molar-refractivity contribution is 9.10. The highest BCUT2D eigenvalue weighted by Gasteiger charge is 2.18. The van der Waals surface area contributed by atoms with Gasteiger partial charge in [0.25, 0.3) is 0 Å². The molecule has 0 atom stereocenters. The quantitative estimate of drug-likeness (QED) is 0.553. The summed E-state index contributed by atoms with van der Waals surface area (Å²) in [5.74, 6) is -0.781. The topological polar surface area (TPSA) is 15.8 Å². The van der Waals surface area contributed by atoms with Crippen molar-refractivity contribution in [1.82, 2.24) is 4.98 Å². The van der Waals surface area contributed by atoms with Crippen LogP contribution < -0.4 is 0 Å². The number of halogens is 3. The van der Waals surface area contributed by atoms with Crippen molar-refractivity contribution >= 4 is 38.6 Å². The van der Waals surface area contributed by atoms with Crippen LogP contribution in [0, 0.1) is 18.6 Å². The Balaban J connectivity index is 0.000000771. The first kappa shape index (κ1) is 15.5. The third-order valence-electron chi connectivity index (χ3n) is 2.34. The van der Waals surface area contributed by atoms with E-state index in [4.69, 9.17) is 0 Å². The predicted molar refractivity (Wildman–Crippen MR) is 78.4 cm³/mol. The summed E-state index contributed by atoms with van der Waals surface area (Å²) in [6.45, 7) is 7.84. The van der Waals surface area contributed by atoms with Crippen LogP contribution in [0.4, 0.5) is 8.78 Å². The zero-order valence-corrected chi connectivity index (χ0v) is 13.2. The number of thioether (sulfide) groups is 1. The molecule has 0 amide bonds. The molecule has 1 aromatic carbocycles. The Hall–Kier alpha value is -0.550. The summed E-state index contributed by atoms with van der Waals surface area (Å²) in [5, 5.41) is 0.344. The molecule has 1 nitrogen and oxygen atoms in total. The molecule has 0 aliphatic rings. The Morgan fingerprint density at radius 3 is 2.50 bits per heavy atom. The first-order valence-corrected chi connectivity index (χ1v) is 7.62. The van der Waals surface area contributed by atoms with Gasteiger partial charge in [-0.2, -0.15) is 0 Å². The number of aromatic nitrogens is 1. The van der Waals surface area contributed by atoms with Gasteiger partial charge in [0.05, 0.1) is 10.9 Å². The van der Waals surface area contributed by atoms with Crippen LogP contribution in [-0.4, -0.2) is 10.7 Å². The number of aromatic amines is 1. The molecule has 5 heteroatoms. The fourth-order valence-corrected chi connectivity index (χ4v) is 3.08. The van der Waals surface area contributed by atoms with Crippen LogP contribution in [0.15, 0.2) is 15.4 Å². The summed E-state index contributed by atoms with van der Waals surface area (Å²) in [5.41, 5.74) is 1.49. The summed E-state index contributed by atoms with van der Waals surface area (Å²) in [6.07, 6.45) is 0. The normalized spacial score (nSPS) is 10.4. The molecular formula is C13H16BrF2NS. The molecular weight excluding hydrogens is 320 g/mol. The third-order valence-corrected chi connectivity index (χ3v) is 4.05. The van der Waals surface area contributed by atoms with E-state index in [9.17, 15) is 8.78 Å². The third kappa shape index (κ3) is 2.72. The molecule has 0 saturated heterocycles. The number of hydrogen-bond acceptors (Lipinski definition) is 1. The maximum atomic E-state index is 13.7. The second-order valence-corrected chi connectivity index (χ2v) is 5.54. The van der Waals surface area contributed by atoms with E-state index >= 15 is 0 Å². The fourth-order valence-electron chi connectivity index (χ4n) is 1.69. The maximum Gasteiger partial charge on any atom is 0.169 e. The van der Waals surface area contributed by atoms with Crippen LogP contribution in [0.25, 0.3) is 10.9 Å². The standard InChI is InChI=1S/C11H10BrF2NS.C2H6/c1-3-16-11-5(2)15-10-6(12)4-7(13)9(14)8(10)11;1-2/h4,15H,3H2,1-2H3;1-2H3. The van der Waals surface area contributed by atoms with Gasteiger partial charge >= 0.3 is 0 Å². The van der Waals surface area contributed by atoms with Gasteiger partial charge in [-0.15, -0.1) is 11.8 Å². The van der Waals surface area contributed by atoms with E-state index < -0.39 is 11.6 Å². The smallest absolute Gasteiger partial charge is 0.169 e. The molecule has 1 N–H and O–H groups in total. The van der Waals surface area contributed by atoms with Gasteiger partial charge in [-0.3, -0.25) is 0 Å². The number of fused-ring (bicyclic) bond motifs is 1. The van der Waals surface area contributed by atoms with Crippen molar-refractivity contribution in [3.63, 3.8) is 0 Å². The van der Waals surface area contributed by atoms with Gasteiger partial charge in [0.2, 0.25) is 0 Å². The summed E-state index contributed by atoms with van der Waals surface area (Å²) in [4.78, 5) is 3.86. The molecule has 0 bridgehead atoms. The van der Waals surface area contributed by atoms with Gasteiger partial charge in [0.1, 0.15) is 0 Å². The molecule has 0 fully saturated rings. The van der Waals surface area contributed by atoms with Gasteiger partial charge in [-0.05, 0) is 34.7 Å². The lowest BCUT2D eigenvalue weighted by molar-refractivity contribution is 0.515. The summed E-state index contributed by atoms with van der Waals surface area (Å²) < 4.78 is 27.6. The first-order valence-electron chi connectivity index (χ1n) is 5.84. The molecule has 2 aromatic rings. The number of nitrogens with one attached hydrogen (secondary N) is 1. The Morgan fingerprint density at radius 1 is 1.33 bits per heavy atom. The Kier molecular flexibility index (Phi) is 5.66. The van der Waals surface area contributed by atoms with E-state index in [0.29, 0.717) is 15.4 Å². The van der Waals surface area contributed by atoms with Gasteiger partial charge in [-0.25, -0.2) is 8.78 Å². The molecule has 0 aliphatic carbocycles. The highest BCUT2D eigenvalue weighted by Crippen LogP contribution is 2.37. The molecule has 2 rings (SSSR count). The van der Waals surface area contributed by atoms with Gasteiger partial charge in [0, 0.05) is 15.1 Å². The SMILES string of the molecule is CC.CCSc1c(C)[nH]c2c(Br)cc(F)c(F)c12. The fraction of sp³-hybridized carbons (Fsp3) is 0.385. The molecule has 0 spiro atoms. The van der Waals surface area contributed by atoms with Crippen molar-refractivity contribution in [2.75, 3.05) is 5.75 Å². The van der Waals surface area contributed by atoms with Crippen LogP contribution in [0.3, 0.4) is 0 Å². The van der Waals surface area contributed by atoms with Crippen molar-refractivity contribution in [3.05, 3.63) is 27.9 Å². The second kappa shape index (κ2) is 6.57. The summed E-state index contributed by atoms with van der Waals surface area (Å²) in [7, 11) is 0. The molecule has 1 heterocycles. The van der Waals surface area contributed by atoms with Gasteiger partial charge < -0.3 is 4.98 Å². The van der Waals surface area contributed by atoms with Gasteiger partial charge in [-0.1, -0.05) is 20.8 Å². The lowest BCUT2D eigenvalue weighted by Crippen LogP contribution is -1.87. The molecule has 0 radical (unpaired) electrons. The van der Waals surface area contributed by atoms with Crippen LogP contribution in [0.1, 0.15) is 26.5 Å². The Morgan fingerprint density at radius 2 is 1.94 bits per heavy atom. The van der Waals surface area contributed by atoms with Gasteiger partial charge in [0.15, 0.2) is 11.6 Å². The minimum Gasteiger partial charge on any atom is -0.357 e. The van der Waals surface area contributed by atoms with E-state index in [0.717, 1.165) is 22.4 Å². The first-order chi connectivity index (χ1) is 8.56. The van der Waals surface area contributed by atoms with E-state index in [1.165, 1.54) is 11.8 Å². The van der Waals surface area contributed by atoms with Crippen LogP contribution in [0.5, 0.6) is 0 Å². The molecule has 18 heavy (non-hydrogen) atoms. The number of aryl methyl sites for hydroxylation is 1. The molecule has 0 unspecified atom stereocenters. The number of hydrogen-bond donors (Lipinski definition) is 1. The molecule has 1 aromatic heterocycles. The molecule has 0 saturated carbocycles. The average molecular weight is 336 g/mol. The summed E-state index contributed by atoms with van der Waals surface area (Å²) >= 11 is 4.74. The average Bonchev–Trinajstić information content (AvgIpc) is 2.68. The van der Waals surface area contributed by atoms with Crippen molar-refractivity contribution < 1.29 is 8.78 Å². The van der Waals surface area contributed by atoms with Crippen molar-refractivity contribution in [2.45, 2.75) is 32.6 Å². The number of rotatable bonds is 2. The van der Waals surface area contributed by atoms with Crippen LogP contribution in [0.2, 0.25) is 0 Å². The molecule has 100 valence electrons. The number of H-pyrrole nitrogens is 1. The second-order valence-electron chi connectivity index (χ2n) is 3.42. The minimum atomic E-state index is -0.823. The van der Waals surface area contributed by atoms with Crippen LogP contribution in [-0.2, 0) is 0 Å². The minimum absolute atomic E-state index is 0.344. The van der Waals surface area contributed by atoms with Crippen molar-refractivity contribution in [3.8, 4) is 0 Å². The highest BCUT2D eigenvalue weighted by atomic mass is 79.9. The Labute approximate surface area is 118 Å². The monoisotopic (exact) mass is 335 g/mol. The largest absolute Gasteiger partial charge is 0.357 e. The van der Waals surface area contributed by atoms with Crippen molar-refractivity contribution in [2.24, 2.45) is 0 Å². The lowest BCUT2D eigenvalue weighted by Gasteiger charge is -2.01. The van der Waals surface area contributed by atoms with E-state index in [2.05, 4.69) is 20.9 Å². The van der Waals surface area contributed by atoms with E-state index in [-0.39, 0.29) is 0 Å². The predicted octanol–water partition coefficient (Wildman–Crippen LogP) is 5.66. The lowest BCUT2D eigenvalue weighted by atomic mass is 10.2. The summed E-state index contributed by atoms with van der Waals surface area (Å²) in [6, 6.07) is 1.15. The van der Waals surface area contributed by atoms with Crippen molar-refractivity contribution in [1.29, 1.82) is 0 Å². The Bertz CT molecular complexity index is 552. The maximum absolute atomic E-state index is 13.7. The van der Waals surface area contributed by atoms with Crippen LogP contribution >= 0.6 is 27.7 Å². The molecule has 0 aliphatic heterocycles. The van der Waals surface area contributed by atoms with E-state index in [1.807, 2.05) is 27.7 Å².